The molecule has 1 aromatic heterocycles. The number of nitrogens with zero attached hydrogens (tertiary/aromatic N) is 3. The lowest BCUT2D eigenvalue weighted by Crippen LogP contribution is -2.39. The first-order valence-corrected chi connectivity index (χ1v) is 12.4. The number of fused-ring (bicyclic) bond motifs is 2. The quantitative estimate of drug-likeness (QED) is 0.404. The second kappa shape index (κ2) is 9.47. The van der Waals surface area contributed by atoms with Crippen LogP contribution in [0.25, 0.3) is 10.9 Å². The van der Waals surface area contributed by atoms with Crippen LogP contribution < -0.4 is 15.0 Å². The molecule has 3 aromatic rings. The first-order valence-electron chi connectivity index (χ1n) is 11.4. The fraction of sp³-hybridized carbons (Fsp3) is 0.400. The van der Waals surface area contributed by atoms with Gasteiger partial charge in [-0.15, -0.1) is 0 Å². The number of ether oxygens (including phenoxy) is 2. The topological polar surface area (TPSA) is 73.7 Å². The van der Waals surface area contributed by atoms with Gasteiger partial charge < -0.3 is 14.4 Å². The monoisotopic (exact) mass is 465 g/mol. The van der Waals surface area contributed by atoms with Crippen LogP contribution in [0.3, 0.4) is 0 Å². The highest BCUT2D eigenvalue weighted by Crippen LogP contribution is 2.33. The minimum Gasteiger partial charge on any atom is -0.454 e. The first-order chi connectivity index (χ1) is 16.1. The van der Waals surface area contributed by atoms with E-state index in [4.69, 9.17) is 14.5 Å². The summed E-state index contributed by atoms with van der Waals surface area (Å²) in [6, 6.07) is 13.3. The molecule has 7 nitrogen and oxygen atoms in total. The maximum absolute atomic E-state index is 13.4. The highest BCUT2D eigenvalue weighted by atomic mass is 32.2. The molecule has 0 atom stereocenters. The number of aromatic nitrogens is 2. The van der Waals surface area contributed by atoms with Gasteiger partial charge in [0.2, 0.25) is 12.7 Å². The van der Waals surface area contributed by atoms with Gasteiger partial charge in [-0.1, -0.05) is 49.2 Å². The van der Waals surface area contributed by atoms with Crippen LogP contribution in [0.1, 0.15) is 37.7 Å². The molecule has 2 aliphatic rings. The number of hydrogen-bond acceptors (Lipinski definition) is 6. The van der Waals surface area contributed by atoms with Crippen LogP contribution in [-0.4, -0.2) is 46.0 Å². The van der Waals surface area contributed by atoms with Crippen molar-refractivity contribution in [1.82, 2.24) is 14.5 Å². The zero-order valence-electron chi connectivity index (χ0n) is 18.7. The van der Waals surface area contributed by atoms with Crippen molar-refractivity contribution in [3.05, 3.63) is 58.4 Å². The molecule has 0 spiro atoms. The molecule has 8 heteroatoms. The summed E-state index contributed by atoms with van der Waals surface area (Å²) in [6.45, 7) is 0.538. The summed E-state index contributed by atoms with van der Waals surface area (Å²) in [5.41, 5.74) is 1.43. The van der Waals surface area contributed by atoms with Gasteiger partial charge in [-0.05, 0) is 42.7 Å². The number of hydrogen-bond donors (Lipinski definition) is 0. The van der Waals surface area contributed by atoms with E-state index in [1.807, 2.05) is 48.3 Å². The maximum Gasteiger partial charge on any atom is 0.262 e. The number of thioether (sulfide) groups is 1. The molecule has 2 aromatic carbocycles. The maximum atomic E-state index is 13.4. The fourth-order valence-electron chi connectivity index (χ4n) is 4.52. The van der Waals surface area contributed by atoms with Gasteiger partial charge in [-0.2, -0.15) is 0 Å². The Hall–Kier alpha value is -3.00. The normalized spacial score (nSPS) is 15.7. The third-order valence-corrected chi connectivity index (χ3v) is 7.41. The first kappa shape index (κ1) is 21.8. The lowest BCUT2D eigenvalue weighted by atomic mass is 9.94. The van der Waals surface area contributed by atoms with Gasteiger partial charge in [0.15, 0.2) is 16.7 Å². The number of carbonyl (C=O) groups is 1. The molecule has 5 rings (SSSR count). The lowest BCUT2D eigenvalue weighted by molar-refractivity contribution is -0.129. The smallest absolute Gasteiger partial charge is 0.262 e. The second-order valence-electron chi connectivity index (χ2n) is 8.58. The van der Waals surface area contributed by atoms with Crippen molar-refractivity contribution in [2.24, 2.45) is 0 Å². The van der Waals surface area contributed by atoms with Crippen molar-refractivity contribution in [3.63, 3.8) is 0 Å². The van der Waals surface area contributed by atoms with Crippen molar-refractivity contribution in [1.29, 1.82) is 0 Å². The molecule has 0 N–H and O–H groups in total. The van der Waals surface area contributed by atoms with E-state index in [1.165, 1.54) is 31.0 Å². The summed E-state index contributed by atoms with van der Waals surface area (Å²) in [4.78, 5) is 32.9. The summed E-state index contributed by atoms with van der Waals surface area (Å²) in [5.74, 6) is 1.70. The van der Waals surface area contributed by atoms with Crippen LogP contribution >= 0.6 is 11.8 Å². The number of carbonyl (C=O) groups excluding carboxylic acids is 1. The number of rotatable bonds is 6. The van der Waals surface area contributed by atoms with E-state index in [-0.39, 0.29) is 24.0 Å². The van der Waals surface area contributed by atoms with Crippen LogP contribution in [0.15, 0.2) is 52.4 Å². The molecule has 1 aliphatic carbocycles. The molecule has 172 valence electrons. The Morgan fingerprint density at radius 2 is 1.91 bits per heavy atom. The summed E-state index contributed by atoms with van der Waals surface area (Å²) in [7, 11) is 1.90. The van der Waals surface area contributed by atoms with Crippen molar-refractivity contribution in [3.8, 4) is 11.5 Å². The van der Waals surface area contributed by atoms with Crippen LogP contribution in [-0.2, 0) is 11.3 Å². The molecular weight excluding hydrogens is 438 g/mol. The van der Waals surface area contributed by atoms with E-state index in [0.717, 1.165) is 18.4 Å². The van der Waals surface area contributed by atoms with Gasteiger partial charge in [-0.3, -0.25) is 14.2 Å². The van der Waals surface area contributed by atoms with E-state index in [9.17, 15) is 9.59 Å². The van der Waals surface area contributed by atoms with Gasteiger partial charge in [-0.25, -0.2) is 4.98 Å². The van der Waals surface area contributed by atoms with Crippen LogP contribution in [0.2, 0.25) is 0 Å². The zero-order valence-corrected chi connectivity index (χ0v) is 19.5. The third-order valence-electron chi connectivity index (χ3n) is 6.44. The predicted molar refractivity (Wildman–Crippen MR) is 128 cm³/mol. The Labute approximate surface area is 196 Å². The van der Waals surface area contributed by atoms with Crippen LogP contribution in [0, 0.1) is 0 Å². The fourth-order valence-corrected chi connectivity index (χ4v) is 5.44. The van der Waals surface area contributed by atoms with E-state index in [2.05, 4.69) is 0 Å². The zero-order chi connectivity index (χ0) is 22.8. The Morgan fingerprint density at radius 3 is 2.76 bits per heavy atom. The summed E-state index contributed by atoms with van der Waals surface area (Å²) in [5, 5.41) is 1.11. The Morgan fingerprint density at radius 1 is 1.12 bits per heavy atom. The molecule has 2 heterocycles. The van der Waals surface area contributed by atoms with Crippen molar-refractivity contribution in [2.45, 2.75) is 49.8 Å². The van der Waals surface area contributed by atoms with Gasteiger partial charge in [0, 0.05) is 13.1 Å². The molecule has 1 fully saturated rings. The molecule has 33 heavy (non-hydrogen) atoms. The Bertz CT molecular complexity index is 1240. The van der Waals surface area contributed by atoms with E-state index >= 15 is 0 Å². The second-order valence-corrected chi connectivity index (χ2v) is 9.52. The highest BCUT2D eigenvalue weighted by molar-refractivity contribution is 7.99. The molecule has 0 saturated heterocycles. The van der Waals surface area contributed by atoms with Gasteiger partial charge in [0.1, 0.15) is 0 Å². The number of benzene rings is 2. The number of amides is 1. The summed E-state index contributed by atoms with van der Waals surface area (Å²) >= 11 is 1.33. The van der Waals surface area contributed by atoms with Gasteiger partial charge in [0.25, 0.3) is 5.56 Å². The summed E-state index contributed by atoms with van der Waals surface area (Å²) < 4.78 is 12.5. The molecule has 1 saturated carbocycles. The highest BCUT2D eigenvalue weighted by Gasteiger charge is 2.23. The SMILES string of the molecule is CN(C(=O)CSc1nc2ccccc2c(=O)n1Cc1ccc2c(c1)OCO2)C1CCCCC1. The summed E-state index contributed by atoms with van der Waals surface area (Å²) in [6.07, 6.45) is 5.74. The van der Waals surface area contributed by atoms with Crippen molar-refractivity contribution >= 4 is 28.6 Å². The van der Waals surface area contributed by atoms with Crippen LogP contribution in [0.4, 0.5) is 0 Å². The largest absolute Gasteiger partial charge is 0.454 e. The van der Waals surface area contributed by atoms with Crippen molar-refractivity contribution < 1.29 is 14.3 Å². The van der Waals surface area contributed by atoms with E-state index in [0.29, 0.717) is 40.1 Å². The van der Waals surface area contributed by atoms with Crippen molar-refractivity contribution in [2.75, 3.05) is 19.6 Å². The predicted octanol–water partition coefficient (Wildman–Crippen LogP) is 4.06. The van der Waals surface area contributed by atoms with E-state index in [1.54, 1.807) is 10.6 Å². The minimum absolute atomic E-state index is 0.0731. The van der Waals surface area contributed by atoms with Crippen LogP contribution in [0.5, 0.6) is 11.5 Å². The molecule has 0 bridgehead atoms. The lowest BCUT2D eigenvalue weighted by Gasteiger charge is -2.31. The molecule has 0 unspecified atom stereocenters. The van der Waals surface area contributed by atoms with Gasteiger partial charge >= 0.3 is 0 Å². The minimum atomic E-state index is -0.117. The average Bonchev–Trinajstić information content (AvgIpc) is 3.32. The molecule has 1 aliphatic heterocycles. The molecule has 1 amide bonds. The molecule has 0 radical (unpaired) electrons. The number of para-hydroxylation sites is 1. The standard InChI is InChI=1S/C25H27N3O4S/c1-27(18-7-3-2-4-8-18)23(29)15-33-25-26-20-10-6-5-9-19(20)24(30)28(25)14-17-11-12-21-22(13-17)32-16-31-21/h5-6,9-13,18H,2-4,7-8,14-16H2,1H3. The third kappa shape index (κ3) is 4.57. The van der Waals surface area contributed by atoms with E-state index < -0.39 is 0 Å². The Balaban J connectivity index is 1.42. The average molecular weight is 466 g/mol. The molecular formula is C25H27N3O4S. The Kier molecular flexibility index (Phi) is 6.26. The van der Waals surface area contributed by atoms with Gasteiger partial charge in [0.05, 0.1) is 23.2 Å².